The zero-order valence-electron chi connectivity index (χ0n) is 21.3. The smallest absolute Gasteiger partial charge is 0.211 e. The van der Waals surface area contributed by atoms with Gasteiger partial charge >= 0.3 is 0 Å². The van der Waals surface area contributed by atoms with Crippen LogP contribution in [0.1, 0.15) is 4.88 Å². The van der Waals surface area contributed by atoms with E-state index in [2.05, 4.69) is 33.0 Å². The number of hydrogen-bond donors (Lipinski definition) is 0. The molecule has 0 atom stereocenters. The lowest BCUT2D eigenvalue weighted by Crippen LogP contribution is -2.47. The fourth-order valence-electron chi connectivity index (χ4n) is 4.93. The predicted molar refractivity (Wildman–Crippen MR) is 151 cm³/mol. The number of fused-ring (bicyclic) bond motifs is 1. The standard InChI is InChI=1S/C27H30N6O3S2/c1-38(34,35)33-11-9-31(10-12-33)19-22-17-23-26(32-13-15-36-16-14-32)29-25(30-27(23)37-22)21-7-8-24(28-18-21)20-5-3-2-4-6-20/h2-8,17-18H,9-16,19H2,1H3. The van der Waals surface area contributed by atoms with Gasteiger partial charge in [-0.05, 0) is 18.2 Å². The van der Waals surface area contributed by atoms with Crippen molar-refractivity contribution < 1.29 is 13.2 Å². The molecule has 0 bridgehead atoms. The van der Waals surface area contributed by atoms with E-state index in [0.29, 0.717) is 45.2 Å². The Kier molecular flexibility index (Phi) is 7.10. The highest BCUT2D eigenvalue weighted by atomic mass is 32.2. The van der Waals surface area contributed by atoms with Gasteiger partial charge in [0, 0.05) is 68.0 Å². The van der Waals surface area contributed by atoms with Crippen molar-refractivity contribution in [2.45, 2.75) is 6.54 Å². The Labute approximate surface area is 226 Å². The van der Waals surface area contributed by atoms with Crippen molar-refractivity contribution in [2.75, 3.05) is 63.6 Å². The van der Waals surface area contributed by atoms with Crippen LogP contribution in [-0.2, 0) is 21.3 Å². The van der Waals surface area contributed by atoms with Gasteiger partial charge in [-0.1, -0.05) is 30.3 Å². The van der Waals surface area contributed by atoms with E-state index in [9.17, 15) is 8.42 Å². The summed E-state index contributed by atoms with van der Waals surface area (Å²) in [6, 6.07) is 16.4. The highest BCUT2D eigenvalue weighted by Crippen LogP contribution is 2.34. The van der Waals surface area contributed by atoms with Crippen LogP contribution < -0.4 is 4.90 Å². The van der Waals surface area contributed by atoms with Gasteiger partial charge in [-0.25, -0.2) is 18.4 Å². The Morgan fingerprint density at radius 3 is 2.37 bits per heavy atom. The largest absolute Gasteiger partial charge is 0.378 e. The Hall–Kier alpha value is -2.96. The SMILES string of the molecule is CS(=O)(=O)N1CCN(Cc2cc3c(N4CCOCC4)nc(-c4ccc(-c5ccccc5)nc4)nc3s2)CC1. The van der Waals surface area contributed by atoms with Gasteiger partial charge in [0.15, 0.2) is 5.82 Å². The topological polar surface area (TPSA) is 91.8 Å². The number of sulfonamides is 1. The number of anilines is 1. The summed E-state index contributed by atoms with van der Waals surface area (Å²) in [7, 11) is -3.14. The second-order valence-electron chi connectivity index (χ2n) is 9.64. The number of pyridine rings is 1. The van der Waals surface area contributed by atoms with Crippen molar-refractivity contribution in [1.82, 2.24) is 24.2 Å². The molecule has 2 saturated heterocycles. The average Bonchev–Trinajstić information content (AvgIpc) is 3.36. The number of nitrogens with zero attached hydrogens (tertiary/aromatic N) is 6. The molecule has 3 aromatic heterocycles. The van der Waals surface area contributed by atoms with Gasteiger partial charge in [0.05, 0.1) is 30.5 Å². The van der Waals surface area contributed by atoms with E-state index >= 15 is 0 Å². The van der Waals surface area contributed by atoms with E-state index < -0.39 is 10.0 Å². The number of aromatic nitrogens is 3. The van der Waals surface area contributed by atoms with Crippen molar-refractivity contribution in [1.29, 1.82) is 0 Å². The third-order valence-corrected chi connectivity index (χ3v) is 9.32. The van der Waals surface area contributed by atoms with Crippen LogP contribution in [0.15, 0.2) is 54.7 Å². The lowest BCUT2D eigenvalue weighted by atomic mass is 10.1. The molecule has 38 heavy (non-hydrogen) atoms. The van der Waals surface area contributed by atoms with Crippen molar-refractivity contribution in [3.63, 3.8) is 0 Å². The quantitative estimate of drug-likeness (QED) is 0.361. The molecule has 0 radical (unpaired) electrons. The Morgan fingerprint density at radius 2 is 1.68 bits per heavy atom. The van der Waals surface area contributed by atoms with Gasteiger partial charge in [0.25, 0.3) is 0 Å². The number of piperazine rings is 1. The average molecular weight is 551 g/mol. The zero-order valence-corrected chi connectivity index (χ0v) is 22.9. The summed E-state index contributed by atoms with van der Waals surface area (Å²) in [6.45, 7) is 6.18. The van der Waals surface area contributed by atoms with Gasteiger partial charge in [0.1, 0.15) is 10.6 Å². The maximum Gasteiger partial charge on any atom is 0.211 e. The van der Waals surface area contributed by atoms with Crippen LogP contribution in [0.25, 0.3) is 32.9 Å². The molecule has 0 unspecified atom stereocenters. The van der Waals surface area contributed by atoms with E-state index in [1.807, 2.05) is 36.5 Å². The van der Waals surface area contributed by atoms with E-state index in [1.165, 1.54) is 11.1 Å². The van der Waals surface area contributed by atoms with Gasteiger partial charge in [0.2, 0.25) is 10.0 Å². The third kappa shape index (κ3) is 5.43. The van der Waals surface area contributed by atoms with Crippen molar-refractivity contribution >= 4 is 37.4 Å². The van der Waals surface area contributed by atoms with E-state index in [0.717, 1.165) is 52.5 Å². The normalized spacial score (nSPS) is 17.8. The summed E-state index contributed by atoms with van der Waals surface area (Å²) >= 11 is 1.68. The first-order valence-corrected chi connectivity index (χ1v) is 15.4. The molecular weight excluding hydrogens is 520 g/mol. The van der Waals surface area contributed by atoms with E-state index in [4.69, 9.17) is 14.7 Å². The van der Waals surface area contributed by atoms with Crippen LogP contribution in [0.2, 0.25) is 0 Å². The molecule has 4 aromatic rings. The first kappa shape index (κ1) is 25.3. The Morgan fingerprint density at radius 1 is 0.921 bits per heavy atom. The van der Waals surface area contributed by atoms with Gasteiger partial charge in [-0.15, -0.1) is 11.3 Å². The van der Waals surface area contributed by atoms with Crippen molar-refractivity contribution in [3.05, 3.63) is 59.6 Å². The molecule has 6 rings (SSSR count). The molecule has 2 aliphatic rings. The molecule has 2 aliphatic heterocycles. The summed E-state index contributed by atoms with van der Waals surface area (Å²) in [5.41, 5.74) is 2.87. The predicted octanol–water partition coefficient (Wildman–Crippen LogP) is 3.33. The van der Waals surface area contributed by atoms with Gasteiger partial charge in [-0.2, -0.15) is 4.31 Å². The second kappa shape index (κ2) is 10.7. The van der Waals surface area contributed by atoms with E-state index in [1.54, 1.807) is 15.6 Å². The van der Waals surface area contributed by atoms with Crippen molar-refractivity contribution in [2.24, 2.45) is 0 Å². The molecule has 198 valence electrons. The minimum absolute atomic E-state index is 0.526. The van der Waals surface area contributed by atoms with Crippen LogP contribution in [0.3, 0.4) is 0 Å². The van der Waals surface area contributed by atoms with Gasteiger partial charge in [-0.3, -0.25) is 9.88 Å². The molecule has 11 heteroatoms. The maximum atomic E-state index is 11.9. The number of rotatable bonds is 6. The Bertz CT molecular complexity index is 1510. The molecule has 0 N–H and O–H groups in total. The lowest BCUT2D eigenvalue weighted by molar-refractivity contribution is 0.122. The first-order valence-electron chi connectivity index (χ1n) is 12.8. The van der Waals surface area contributed by atoms with Gasteiger partial charge < -0.3 is 9.64 Å². The molecule has 0 spiro atoms. The third-order valence-electron chi connectivity index (χ3n) is 7.01. The van der Waals surface area contributed by atoms with Crippen LogP contribution in [0.4, 0.5) is 5.82 Å². The number of morpholine rings is 1. The highest BCUT2D eigenvalue weighted by Gasteiger charge is 2.25. The summed E-state index contributed by atoms with van der Waals surface area (Å²) in [6.07, 6.45) is 3.13. The highest BCUT2D eigenvalue weighted by molar-refractivity contribution is 7.88. The van der Waals surface area contributed by atoms with Crippen LogP contribution in [0.5, 0.6) is 0 Å². The minimum atomic E-state index is -3.14. The maximum absolute atomic E-state index is 11.9. The monoisotopic (exact) mass is 550 g/mol. The summed E-state index contributed by atoms with van der Waals surface area (Å²) in [4.78, 5) is 21.4. The molecule has 9 nitrogen and oxygen atoms in total. The number of thiophene rings is 1. The minimum Gasteiger partial charge on any atom is -0.378 e. The zero-order chi connectivity index (χ0) is 26.1. The lowest BCUT2D eigenvalue weighted by Gasteiger charge is -2.32. The number of ether oxygens (including phenoxy) is 1. The number of hydrogen-bond acceptors (Lipinski definition) is 9. The second-order valence-corrected chi connectivity index (χ2v) is 12.7. The molecule has 0 amide bonds. The summed E-state index contributed by atoms with van der Waals surface area (Å²) in [5.74, 6) is 1.60. The van der Waals surface area contributed by atoms with Crippen molar-refractivity contribution in [3.8, 4) is 22.6 Å². The fourth-order valence-corrected chi connectivity index (χ4v) is 6.82. The molecule has 5 heterocycles. The molecule has 0 aliphatic carbocycles. The summed E-state index contributed by atoms with van der Waals surface area (Å²) < 4.78 is 30.9. The molecule has 2 fully saturated rings. The number of benzene rings is 1. The molecule has 0 saturated carbocycles. The van der Waals surface area contributed by atoms with E-state index in [-0.39, 0.29) is 0 Å². The Balaban J connectivity index is 1.30. The van der Waals surface area contributed by atoms with Crippen LogP contribution in [0, 0.1) is 0 Å². The van der Waals surface area contributed by atoms with Crippen LogP contribution >= 0.6 is 11.3 Å². The van der Waals surface area contributed by atoms with Crippen LogP contribution in [-0.4, -0.2) is 91.3 Å². The first-order chi connectivity index (χ1) is 18.4. The molecule has 1 aromatic carbocycles. The molecular formula is C27H30N6O3S2. The summed E-state index contributed by atoms with van der Waals surface area (Å²) in [5, 5.41) is 1.05. The fraction of sp³-hybridized carbons (Fsp3) is 0.370.